The normalized spacial score (nSPS) is 19.2. The van der Waals surface area contributed by atoms with E-state index in [0.29, 0.717) is 25.1 Å². The van der Waals surface area contributed by atoms with E-state index in [1.807, 2.05) is 0 Å². The van der Waals surface area contributed by atoms with Crippen molar-refractivity contribution in [1.29, 1.82) is 0 Å². The Labute approximate surface area is 111 Å². The molecule has 0 spiro atoms. The number of piperazine rings is 1. The van der Waals surface area contributed by atoms with Crippen LogP contribution in [0, 0.1) is 10.1 Å². The second-order valence-corrected chi connectivity index (χ2v) is 4.66. The van der Waals surface area contributed by atoms with Crippen LogP contribution in [-0.2, 0) is 11.2 Å². The van der Waals surface area contributed by atoms with Crippen LogP contribution in [0.5, 0.6) is 0 Å². The Hall–Kier alpha value is -1.95. The number of hydrogen-bond acceptors (Lipinski definition) is 4. The molecule has 0 radical (unpaired) electrons. The van der Waals surface area contributed by atoms with Gasteiger partial charge in [0.1, 0.15) is 0 Å². The molecule has 1 aliphatic rings. The smallest absolute Gasteiger partial charge is 0.272 e. The zero-order valence-corrected chi connectivity index (χ0v) is 10.8. The van der Waals surface area contributed by atoms with Crippen LogP contribution >= 0.6 is 0 Å². The molecule has 0 aromatic heterocycles. The summed E-state index contributed by atoms with van der Waals surface area (Å²) >= 11 is 0. The number of nitro groups is 1. The number of hydrogen-bond donors (Lipinski definition) is 1. The van der Waals surface area contributed by atoms with E-state index in [1.54, 1.807) is 23.1 Å². The second kappa shape index (κ2) is 5.79. The molecule has 1 unspecified atom stereocenters. The van der Waals surface area contributed by atoms with E-state index < -0.39 is 0 Å². The summed E-state index contributed by atoms with van der Waals surface area (Å²) in [7, 11) is 0. The van der Waals surface area contributed by atoms with E-state index in [0.717, 1.165) is 6.54 Å². The lowest BCUT2D eigenvalue weighted by molar-refractivity contribution is -0.385. The van der Waals surface area contributed by atoms with Gasteiger partial charge in [0, 0.05) is 50.7 Å². The maximum atomic E-state index is 11.6. The van der Waals surface area contributed by atoms with Crippen LogP contribution in [0.2, 0.25) is 0 Å². The summed E-state index contributed by atoms with van der Waals surface area (Å²) in [5, 5.41) is 14.2. The molecule has 6 nitrogen and oxygen atoms in total. The van der Waals surface area contributed by atoms with E-state index >= 15 is 0 Å². The van der Waals surface area contributed by atoms with Crippen LogP contribution in [0.4, 0.5) is 5.69 Å². The Kier molecular flexibility index (Phi) is 4.11. The first kappa shape index (κ1) is 13.5. The number of nitro benzene ring substituents is 1. The largest absolute Gasteiger partial charge is 0.337 e. The number of benzene rings is 1. The van der Waals surface area contributed by atoms with Crippen molar-refractivity contribution in [3.8, 4) is 0 Å². The molecule has 6 heteroatoms. The van der Waals surface area contributed by atoms with E-state index in [-0.39, 0.29) is 22.6 Å². The highest BCUT2D eigenvalue weighted by molar-refractivity contribution is 5.73. The van der Waals surface area contributed by atoms with Crippen molar-refractivity contribution in [3.05, 3.63) is 39.9 Å². The minimum Gasteiger partial charge on any atom is -0.337 e. The molecule has 1 N–H and O–H groups in total. The van der Waals surface area contributed by atoms with Gasteiger partial charge in [0.25, 0.3) is 5.69 Å². The highest BCUT2D eigenvalue weighted by atomic mass is 16.6. The Bertz CT molecular complexity index is 490. The van der Waals surface area contributed by atoms with Crippen LogP contribution in [0.15, 0.2) is 24.3 Å². The summed E-state index contributed by atoms with van der Waals surface area (Å²) in [5.41, 5.74) is 0.795. The average molecular weight is 263 g/mol. The molecule has 0 saturated carbocycles. The predicted octanol–water partition coefficient (Wildman–Crippen LogP) is 0.958. The Balaban J connectivity index is 2.19. The molecule has 1 aliphatic heterocycles. The summed E-state index contributed by atoms with van der Waals surface area (Å²) in [6.45, 7) is 3.64. The van der Waals surface area contributed by atoms with Crippen molar-refractivity contribution in [2.75, 3.05) is 19.6 Å². The molecule has 102 valence electrons. The van der Waals surface area contributed by atoms with Crippen LogP contribution in [0.1, 0.15) is 12.5 Å². The monoisotopic (exact) mass is 263 g/mol. The molecule has 1 aromatic carbocycles. The summed E-state index contributed by atoms with van der Waals surface area (Å²) in [5.74, 6) is 0.0186. The first-order valence-corrected chi connectivity index (χ1v) is 6.30. The third-order valence-corrected chi connectivity index (χ3v) is 3.40. The number of rotatable bonds is 3. The van der Waals surface area contributed by atoms with Crippen molar-refractivity contribution < 1.29 is 9.72 Å². The third-order valence-electron chi connectivity index (χ3n) is 3.40. The lowest BCUT2D eigenvalue weighted by Gasteiger charge is -2.35. The molecule has 0 bridgehead atoms. The van der Waals surface area contributed by atoms with Crippen LogP contribution in [0.3, 0.4) is 0 Å². The van der Waals surface area contributed by atoms with E-state index in [2.05, 4.69) is 5.32 Å². The van der Waals surface area contributed by atoms with Crippen LogP contribution in [-0.4, -0.2) is 41.4 Å². The topological polar surface area (TPSA) is 75.5 Å². The average Bonchev–Trinajstić information content (AvgIpc) is 2.39. The molecule has 1 aromatic rings. The fourth-order valence-corrected chi connectivity index (χ4v) is 2.47. The Morgan fingerprint density at radius 1 is 1.53 bits per heavy atom. The van der Waals surface area contributed by atoms with Gasteiger partial charge in [0.15, 0.2) is 0 Å². The van der Waals surface area contributed by atoms with Gasteiger partial charge in [-0.05, 0) is 0 Å². The van der Waals surface area contributed by atoms with Gasteiger partial charge >= 0.3 is 0 Å². The molecule has 2 rings (SSSR count). The van der Waals surface area contributed by atoms with Gasteiger partial charge in [-0.25, -0.2) is 0 Å². The van der Waals surface area contributed by atoms with Gasteiger partial charge in [-0.3, -0.25) is 14.9 Å². The number of carbonyl (C=O) groups excluding carboxylic acids is 1. The van der Waals surface area contributed by atoms with Gasteiger partial charge in [0.2, 0.25) is 5.91 Å². The van der Waals surface area contributed by atoms with Crippen molar-refractivity contribution >= 4 is 11.6 Å². The summed E-state index contributed by atoms with van der Waals surface area (Å²) < 4.78 is 0. The molecule has 1 heterocycles. The first-order chi connectivity index (χ1) is 9.09. The second-order valence-electron chi connectivity index (χ2n) is 4.66. The molecule has 0 aliphatic carbocycles. The minimum atomic E-state index is -0.371. The van der Waals surface area contributed by atoms with E-state index in [9.17, 15) is 14.9 Å². The number of nitrogens with zero attached hydrogens (tertiary/aromatic N) is 2. The molecule has 1 amide bonds. The predicted molar refractivity (Wildman–Crippen MR) is 70.8 cm³/mol. The van der Waals surface area contributed by atoms with Crippen LogP contribution < -0.4 is 5.32 Å². The standard InChI is InChI=1S/C13H17N3O3/c1-10(17)15-7-6-14-9-12(15)8-11-4-2-3-5-13(11)16(18)19/h2-5,12,14H,6-9H2,1H3. The van der Waals surface area contributed by atoms with Crippen molar-refractivity contribution in [3.63, 3.8) is 0 Å². The summed E-state index contributed by atoms with van der Waals surface area (Å²) in [4.78, 5) is 24.0. The van der Waals surface area contributed by atoms with Crippen molar-refractivity contribution in [1.82, 2.24) is 10.2 Å². The van der Waals surface area contributed by atoms with Crippen molar-refractivity contribution in [2.45, 2.75) is 19.4 Å². The van der Waals surface area contributed by atoms with Gasteiger partial charge < -0.3 is 10.2 Å². The number of para-hydroxylation sites is 1. The summed E-state index contributed by atoms with van der Waals surface area (Å²) in [6, 6.07) is 6.68. The first-order valence-electron chi connectivity index (χ1n) is 6.30. The SMILES string of the molecule is CC(=O)N1CCNCC1Cc1ccccc1[N+](=O)[O-]. The third kappa shape index (κ3) is 3.08. The molecule has 1 atom stereocenters. The van der Waals surface area contributed by atoms with Crippen molar-refractivity contribution in [2.24, 2.45) is 0 Å². The highest BCUT2D eigenvalue weighted by Crippen LogP contribution is 2.21. The number of amides is 1. The summed E-state index contributed by atoms with van der Waals surface area (Å²) in [6.07, 6.45) is 0.504. The van der Waals surface area contributed by atoms with E-state index in [4.69, 9.17) is 0 Å². The molecule has 19 heavy (non-hydrogen) atoms. The Morgan fingerprint density at radius 3 is 2.95 bits per heavy atom. The molecular formula is C13H17N3O3. The zero-order chi connectivity index (χ0) is 13.8. The molecule has 1 fully saturated rings. The molecular weight excluding hydrogens is 246 g/mol. The maximum Gasteiger partial charge on any atom is 0.272 e. The van der Waals surface area contributed by atoms with Crippen LogP contribution in [0.25, 0.3) is 0 Å². The fourth-order valence-electron chi connectivity index (χ4n) is 2.47. The van der Waals surface area contributed by atoms with Gasteiger partial charge in [-0.15, -0.1) is 0 Å². The maximum absolute atomic E-state index is 11.6. The zero-order valence-electron chi connectivity index (χ0n) is 10.8. The van der Waals surface area contributed by atoms with Gasteiger partial charge in [-0.2, -0.15) is 0 Å². The van der Waals surface area contributed by atoms with E-state index in [1.165, 1.54) is 13.0 Å². The minimum absolute atomic E-state index is 0.0186. The lowest BCUT2D eigenvalue weighted by Crippen LogP contribution is -2.53. The van der Waals surface area contributed by atoms with Gasteiger partial charge in [-0.1, -0.05) is 18.2 Å². The number of carbonyl (C=O) groups is 1. The van der Waals surface area contributed by atoms with Gasteiger partial charge in [0.05, 0.1) is 4.92 Å². The quantitative estimate of drug-likeness (QED) is 0.651. The number of nitrogens with one attached hydrogen (secondary N) is 1. The fraction of sp³-hybridized carbons (Fsp3) is 0.462. The Morgan fingerprint density at radius 2 is 2.26 bits per heavy atom. The highest BCUT2D eigenvalue weighted by Gasteiger charge is 2.26. The lowest BCUT2D eigenvalue weighted by atomic mass is 10.0. The molecule has 1 saturated heterocycles.